The number of hydrogen-bond donors (Lipinski definition) is 0. The summed E-state index contributed by atoms with van der Waals surface area (Å²) in [6.45, 7) is -2.93. The van der Waals surface area contributed by atoms with Crippen LogP contribution in [0.25, 0.3) is 11.0 Å². The number of hydrogen-bond acceptors (Lipinski definition) is 6. The van der Waals surface area contributed by atoms with Gasteiger partial charge in [-0.2, -0.15) is 0 Å². The molecular weight excluding hydrogens is 275 g/mol. The summed E-state index contributed by atoms with van der Waals surface area (Å²) in [5, 5.41) is 0.737. The van der Waals surface area contributed by atoms with Crippen LogP contribution in [0.2, 0.25) is 0 Å². The van der Waals surface area contributed by atoms with Gasteiger partial charge in [0.25, 0.3) is 0 Å². The van der Waals surface area contributed by atoms with E-state index >= 15 is 0 Å². The van der Waals surface area contributed by atoms with Crippen molar-refractivity contribution in [1.82, 2.24) is 0 Å². The standard InChI is InChI=1S/C11H11O5PS/c1-13-17(18,14-2)16-10-7-8-5-3-4-6-9(8)15-11(10)12/h3-7H,1-2H3. The van der Waals surface area contributed by atoms with Gasteiger partial charge in [-0.3, -0.25) is 0 Å². The molecule has 0 saturated carbocycles. The highest BCUT2D eigenvalue weighted by atomic mass is 32.5. The predicted octanol–water partition coefficient (Wildman–Crippen LogP) is 2.69. The zero-order chi connectivity index (χ0) is 13.2. The van der Waals surface area contributed by atoms with Crippen LogP contribution in [-0.2, 0) is 20.9 Å². The van der Waals surface area contributed by atoms with Crippen molar-refractivity contribution < 1.29 is 18.0 Å². The first-order chi connectivity index (χ1) is 8.58. The van der Waals surface area contributed by atoms with Crippen LogP contribution >= 0.6 is 6.72 Å². The summed E-state index contributed by atoms with van der Waals surface area (Å²) >= 11 is 5.03. The van der Waals surface area contributed by atoms with Crippen molar-refractivity contribution in [3.05, 3.63) is 40.8 Å². The predicted molar refractivity (Wildman–Crippen MR) is 71.4 cm³/mol. The lowest BCUT2D eigenvalue weighted by Crippen LogP contribution is -2.06. The van der Waals surface area contributed by atoms with E-state index in [-0.39, 0.29) is 5.75 Å². The third kappa shape index (κ3) is 2.62. The molecule has 0 spiro atoms. The van der Waals surface area contributed by atoms with Crippen molar-refractivity contribution in [2.75, 3.05) is 14.2 Å². The normalized spacial score (nSPS) is 11.7. The summed E-state index contributed by atoms with van der Waals surface area (Å²) in [7, 11) is 2.74. The van der Waals surface area contributed by atoms with Gasteiger partial charge in [0.1, 0.15) is 5.58 Å². The van der Waals surface area contributed by atoms with Gasteiger partial charge in [0.05, 0.1) is 0 Å². The Morgan fingerprint density at radius 2 is 1.89 bits per heavy atom. The van der Waals surface area contributed by atoms with Crippen LogP contribution < -0.4 is 10.1 Å². The van der Waals surface area contributed by atoms with E-state index in [2.05, 4.69) is 0 Å². The second kappa shape index (κ2) is 5.20. The second-order valence-corrected chi connectivity index (χ2v) is 6.49. The molecule has 7 heteroatoms. The molecule has 0 amide bonds. The highest BCUT2D eigenvalue weighted by Gasteiger charge is 2.21. The van der Waals surface area contributed by atoms with Crippen LogP contribution in [0.3, 0.4) is 0 Å². The van der Waals surface area contributed by atoms with Crippen molar-refractivity contribution in [1.29, 1.82) is 0 Å². The number of fused-ring (bicyclic) bond motifs is 1. The fraction of sp³-hybridized carbons (Fsp3) is 0.182. The van der Waals surface area contributed by atoms with E-state index in [4.69, 9.17) is 29.8 Å². The Balaban J connectivity index is 2.49. The van der Waals surface area contributed by atoms with Crippen LogP contribution in [0.15, 0.2) is 39.5 Å². The summed E-state index contributed by atoms with van der Waals surface area (Å²) in [5.74, 6) is -0.0132. The maximum Gasteiger partial charge on any atom is 0.380 e. The SMILES string of the molecule is COP(=S)(OC)Oc1cc2ccccc2oc1=O. The van der Waals surface area contributed by atoms with Crippen LogP contribution in [0.5, 0.6) is 5.75 Å². The Labute approximate surface area is 109 Å². The number of benzene rings is 1. The van der Waals surface area contributed by atoms with Gasteiger partial charge in [-0.1, -0.05) is 18.2 Å². The fourth-order valence-corrected chi connectivity index (χ4v) is 2.28. The average molecular weight is 286 g/mol. The molecule has 0 aliphatic rings. The summed E-state index contributed by atoms with van der Waals surface area (Å²) in [4.78, 5) is 11.7. The molecule has 0 unspecified atom stereocenters. The van der Waals surface area contributed by atoms with Gasteiger partial charge in [-0.25, -0.2) is 4.79 Å². The molecule has 0 saturated heterocycles. The zero-order valence-corrected chi connectivity index (χ0v) is 11.5. The molecule has 2 aromatic rings. The van der Waals surface area contributed by atoms with Crippen LogP contribution in [-0.4, -0.2) is 14.2 Å². The molecular formula is C11H11O5PS. The van der Waals surface area contributed by atoms with Gasteiger partial charge in [0, 0.05) is 31.4 Å². The average Bonchev–Trinajstić information content (AvgIpc) is 2.39. The Kier molecular flexibility index (Phi) is 3.82. The molecule has 0 bridgehead atoms. The van der Waals surface area contributed by atoms with Gasteiger partial charge in [0.2, 0.25) is 5.75 Å². The molecule has 96 valence electrons. The summed E-state index contributed by atoms with van der Waals surface area (Å²) in [6.07, 6.45) is 0. The molecule has 0 aliphatic carbocycles. The quantitative estimate of drug-likeness (QED) is 0.636. The van der Waals surface area contributed by atoms with E-state index < -0.39 is 12.3 Å². The first-order valence-electron chi connectivity index (χ1n) is 5.02. The first-order valence-corrected chi connectivity index (χ1v) is 7.57. The molecule has 0 aliphatic heterocycles. The molecule has 18 heavy (non-hydrogen) atoms. The molecule has 2 rings (SSSR count). The summed E-state index contributed by atoms with van der Waals surface area (Å²) in [5.41, 5.74) is -0.130. The highest BCUT2D eigenvalue weighted by Crippen LogP contribution is 2.47. The molecule has 1 heterocycles. The minimum absolute atomic E-state index is 0.0132. The van der Waals surface area contributed by atoms with Gasteiger partial charge in [-0.05, 0) is 12.1 Å². The van der Waals surface area contributed by atoms with Crippen molar-refractivity contribution in [2.24, 2.45) is 0 Å². The van der Waals surface area contributed by atoms with Gasteiger partial charge < -0.3 is 18.0 Å². The molecule has 1 aromatic heterocycles. The van der Waals surface area contributed by atoms with E-state index in [0.29, 0.717) is 5.58 Å². The molecule has 0 N–H and O–H groups in total. The molecule has 0 atom stereocenters. The smallest absolute Gasteiger partial charge is 0.380 e. The minimum Gasteiger partial charge on any atom is -0.420 e. The lowest BCUT2D eigenvalue weighted by Gasteiger charge is -2.17. The summed E-state index contributed by atoms with van der Waals surface area (Å²) < 4.78 is 20.3. The Bertz CT molecular complexity index is 658. The topological polar surface area (TPSA) is 57.9 Å². The van der Waals surface area contributed by atoms with E-state index in [1.807, 2.05) is 6.07 Å². The van der Waals surface area contributed by atoms with Crippen LogP contribution in [0.1, 0.15) is 0 Å². The lowest BCUT2D eigenvalue weighted by atomic mass is 10.2. The zero-order valence-electron chi connectivity index (χ0n) is 9.78. The van der Waals surface area contributed by atoms with Gasteiger partial charge in [0.15, 0.2) is 0 Å². The number of rotatable bonds is 4. The Morgan fingerprint density at radius 3 is 2.56 bits per heavy atom. The Morgan fingerprint density at radius 1 is 1.22 bits per heavy atom. The summed E-state index contributed by atoms with van der Waals surface area (Å²) in [6, 6.07) is 8.66. The van der Waals surface area contributed by atoms with Crippen molar-refractivity contribution in [2.45, 2.75) is 0 Å². The van der Waals surface area contributed by atoms with Gasteiger partial charge >= 0.3 is 12.3 Å². The maximum absolute atomic E-state index is 11.7. The van der Waals surface area contributed by atoms with Crippen molar-refractivity contribution in [3.63, 3.8) is 0 Å². The minimum atomic E-state index is -2.93. The van der Waals surface area contributed by atoms with E-state index in [9.17, 15) is 4.79 Å². The molecule has 0 radical (unpaired) electrons. The van der Waals surface area contributed by atoms with E-state index in [1.54, 1.807) is 24.3 Å². The Hall–Kier alpha value is -1.20. The van der Waals surface area contributed by atoms with Crippen LogP contribution in [0.4, 0.5) is 0 Å². The maximum atomic E-state index is 11.7. The third-order valence-corrected chi connectivity index (χ3v) is 4.70. The highest BCUT2D eigenvalue weighted by molar-refractivity contribution is 8.07. The monoisotopic (exact) mass is 286 g/mol. The van der Waals surface area contributed by atoms with E-state index in [1.165, 1.54) is 14.2 Å². The largest absolute Gasteiger partial charge is 0.420 e. The number of para-hydroxylation sites is 1. The lowest BCUT2D eigenvalue weighted by molar-refractivity contribution is 0.270. The molecule has 1 aromatic carbocycles. The van der Waals surface area contributed by atoms with E-state index in [0.717, 1.165) is 5.39 Å². The molecule has 0 fully saturated rings. The third-order valence-electron chi connectivity index (χ3n) is 2.27. The molecule has 5 nitrogen and oxygen atoms in total. The first kappa shape index (κ1) is 13.2. The van der Waals surface area contributed by atoms with Crippen molar-refractivity contribution >= 4 is 29.5 Å². The van der Waals surface area contributed by atoms with Gasteiger partial charge in [-0.15, -0.1) is 0 Å². The second-order valence-electron chi connectivity index (χ2n) is 3.34. The fourth-order valence-electron chi connectivity index (χ4n) is 1.38. The van der Waals surface area contributed by atoms with Crippen LogP contribution in [0, 0.1) is 0 Å². The van der Waals surface area contributed by atoms with Crippen molar-refractivity contribution in [3.8, 4) is 5.75 Å².